The van der Waals surface area contributed by atoms with Crippen molar-refractivity contribution in [2.75, 3.05) is 6.61 Å². The first kappa shape index (κ1) is 24.7. The van der Waals surface area contributed by atoms with Crippen LogP contribution in [-0.2, 0) is 12.7 Å². The first-order valence-electron chi connectivity index (χ1n) is 10.9. The van der Waals surface area contributed by atoms with Gasteiger partial charge in [-0.3, -0.25) is 4.68 Å². The Hall–Kier alpha value is -4.99. The second kappa shape index (κ2) is 9.81. The fourth-order valence-electron chi connectivity index (χ4n) is 3.68. The van der Waals surface area contributed by atoms with Gasteiger partial charge in [0, 0.05) is 5.56 Å². The molecule has 3 aromatic rings. The van der Waals surface area contributed by atoms with Crippen LogP contribution in [0, 0.1) is 23.0 Å². The zero-order valence-electron chi connectivity index (χ0n) is 19.1. The highest BCUT2D eigenvalue weighted by molar-refractivity contribution is 5.66. The molecule has 5 rings (SSSR count). The average molecular weight is 523 g/mol. The molecule has 0 aliphatic carbocycles. The second-order valence-corrected chi connectivity index (χ2v) is 7.95. The Morgan fingerprint density at radius 1 is 0.921 bits per heavy atom. The molecule has 2 aliphatic heterocycles. The van der Waals surface area contributed by atoms with Crippen LogP contribution in [0.4, 0.5) is 22.0 Å². The van der Waals surface area contributed by atoms with Crippen molar-refractivity contribution in [2.24, 2.45) is 0 Å². The lowest BCUT2D eigenvalue weighted by Gasteiger charge is -2.14. The first-order valence-corrected chi connectivity index (χ1v) is 10.9. The molecule has 0 saturated heterocycles. The molecule has 1 aromatic heterocycles. The third-order valence-corrected chi connectivity index (χ3v) is 5.43. The molecule has 38 heavy (non-hydrogen) atoms. The normalized spacial score (nSPS) is 11.5. The summed E-state index contributed by atoms with van der Waals surface area (Å²) in [5.41, 5.74) is -0.139. The number of hydrogen-bond acceptors (Lipinski definition) is 7. The van der Waals surface area contributed by atoms with Crippen molar-refractivity contribution in [2.45, 2.75) is 12.7 Å². The van der Waals surface area contributed by atoms with Gasteiger partial charge in [-0.15, -0.1) is 0 Å². The molecule has 0 fully saturated rings. The first-order chi connectivity index (χ1) is 18.2. The summed E-state index contributed by atoms with van der Waals surface area (Å²) in [6.07, 6.45) is -1.76. The van der Waals surface area contributed by atoms with E-state index in [-0.39, 0.29) is 41.5 Å². The van der Waals surface area contributed by atoms with E-state index in [4.69, 9.17) is 10.00 Å². The minimum Gasteiger partial charge on any atom is -0.479 e. The van der Waals surface area contributed by atoms with Crippen molar-refractivity contribution in [1.29, 1.82) is 5.26 Å². The second-order valence-electron chi connectivity index (χ2n) is 7.95. The highest BCUT2D eigenvalue weighted by Crippen LogP contribution is 2.38. The van der Waals surface area contributed by atoms with Gasteiger partial charge in [0.1, 0.15) is 23.2 Å². The number of benzene rings is 2. The van der Waals surface area contributed by atoms with Gasteiger partial charge in [0.15, 0.2) is 24.1 Å². The lowest BCUT2D eigenvalue weighted by molar-refractivity contribution is -0.137. The maximum atomic E-state index is 14.1. The minimum atomic E-state index is -4.69. The van der Waals surface area contributed by atoms with Crippen molar-refractivity contribution in [3.63, 3.8) is 0 Å². The van der Waals surface area contributed by atoms with E-state index in [1.807, 2.05) is 0 Å². The number of imidazole rings is 1. The number of nitriles is 1. The Morgan fingerprint density at radius 2 is 1.74 bits per heavy atom. The van der Waals surface area contributed by atoms with Gasteiger partial charge in [-0.2, -0.15) is 33.7 Å². The number of alkyl halides is 3. The molecule has 0 atom stereocenters. The molecule has 3 heterocycles. The number of hydrogen-bond donors (Lipinski definition) is 0. The summed E-state index contributed by atoms with van der Waals surface area (Å²) in [4.78, 5) is 8.44. The Morgan fingerprint density at radius 3 is 2.47 bits per heavy atom. The van der Waals surface area contributed by atoms with Crippen LogP contribution in [0.1, 0.15) is 11.3 Å². The van der Waals surface area contributed by atoms with Crippen LogP contribution in [0.3, 0.4) is 0 Å². The van der Waals surface area contributed by atoms with Crippen LogP contribution >= 0.6 is 0 Å². The number of fused-ring (bicyclic) bond motifs is 1. The van der Waals surface area contributed by atoms with Gasteiger partial charge in [-0.25, -0.2) is 18.7 Å². The quantitative estimate of drug-likeness (QED) is 0.284. The summed E-state index contributed by atoms with van der Waals surface area (Å²) in [6, 6.07) is 11.6. The highest BCUT2D eigenvalue weighted by atomic mass is 19.4. The van der Waals surface area contributed by atoms with Gasteiger partial charge < -0.3 is 4.74 Å². The van der Waals surface area contributed by atoms with Gasteiger partial charge in [-0.1, -0.05) is 6.07 Å². The number of rotatable bonds is 6. The van der Waals surface area contributed by atoms with E-state index in [2.05, 4.69) is 25.3 Å². The molecule has 13 heteroatoms. The van der Waals surface area contributed by atoms with E-state index in [1.165, 1.54) is 53.5 Å². The van der Waals surface area contributed by atoms with Crippen LogP contribution in [0.15, 0.2) is 60.9 Å². The van der Waals surface area contributed by atoms with Crippen LogP contribution in [-0.4, -0.2) is 36.6 Å². The number of halogens is 5. The minimum absolute atomic E-state index is 0.00482. The Balaban J connectivity index is 1.39. The van der Waals surface area contributed by atoms with Crippen molar-refractivity contribution < 1.29 is 26.7 Å². The molecule has 0 amide bonds. The maximum absolute atomic E-state index is 14.1. The fraction of sp³-hybridized carbons (Fsp3) is 0.120. The lowest BCUT2D eigenvalue weighted by atomic mass is 10.0. The Kier molecular flexibility index (Phi) is 6.38. The number of ether oxygens (including phenoxy) is 1. The van der Waals surface area contributed by atoms with Crippen molar-refractivity contribution >= 4 is 0 Å². The van der Waals surface area contributed by atoms with Gasteiger partial charge in [0.25, 0.3) is 0 Å². The summed E-state index contributed by atoms with van der Waals surface area (Å²) >= 11 is 0. The lowest BCUT2D eigenvalue weighted by Crippen LogP contribution is -2.10. The summed E-state index contributed by atoms with van der Waals surface area (Å²) in [6.45, 7) is -0.283. The molecule has 8 nitrogen and oxygen atoms in total. The number of nitrogens with zero attached hydrogens (tertiary/aromatic N) is 7. The van der Waals surface area contributed by atoms with E-state index in [0.29, 0.717) is 17.1 Å². The summed E-state index contributed by atoms with van der Waals surface area (Å²) in [5, 5.41) is 20.8. The van der Waals surface area contributed by atoms with E-state index < -0.39 is 23.4 Å². The molecule has 2 aliphatic rings. The summed E-state index contributed by atoms with van der Waals surface area (Å²) in [5.74, 6) is -2.16. The van der Waals surface area contributed by atoms with Gasteiger partial charge in [-0.05, 0) is 42.5 Å². The van der Waals surface area contributed by atoms with Crippen molar-refractivity contribution in [3.05, 3.63) is 83.8 Å². The monoisotopic (exact) mass is 523 g/mol. The van der Waals surface area contributed by atoms with E-state index in [0.717, 1.165) is 12.1 Å². The zero-order chi connectivity index (χ0) is 26.9. The van der Waals surface area contributed by atoms with Crippen molar-refractivity contribution in [1.82, 2.24) is 29.9 Å². The third-order valence-electron chi connectivity index (χ3n) is 5.43. The maximum Gasteiger partial charge on any atom is 0.417 e. The molecule has 0 bridgehead atoms. The molecule has 0 radical (unpaired) electrons. The zero-order valence-corrected chi connectivity index (χ0v) is 19.1. The fourth-order valence-corrected chi connectivity index (χ4v) is 3.68. The predicted molar refractivity (Wildman–Crippen MR) is 122 cm³/mol. The van der Waals surface area contributed by atoms with Crippen LogP contribution < -0.4 is 4.74 Å². The van der Waals surface area contributed by atoms with Gasteiger partial charge in [0.2, 0.25) is 0 Å². The van der Waals surface area contributed by atoms with E-state index >= 15 is 0 Å². The highest BCUT2D eigenvalue weighted by Gasteiger charge is 2.34. The summed E-state index contributed by atoms with van der Waals surface area (Å²) < 4.78 is 75.1. The van der Waals surface area contributed by atoms with Crippen LogP contribution in [0.5, 0.6) is 5.75 Å². The molecular weight excluding hydrogens is 509 g/mol. The molecular formula is C25H14F5N7O. The Bertz CT molecular complexity index is 1630. The number of aromatic nitrogens is 6. The third kappa shape index (κ3) is 4.96. The SMILES string of the molecule is N#CCOc1ccc(-c2ccc(Cn3cc4nc(-c5cccc(F)c5F)nc-4cn3)nn2)c(C(F)(F)F)c1. The van der Waals surface area contributed by atoms with Crippen LogP contribution in [0.25, 0.3) is 34.0 Å². The average Bonchev–Trinajstić information content (AvgIpc) is 3.32. The molecule has 0 unspecified atom stereocenters. The smallest absolute Gasteiger partial charge is 0.417 e. The summed E-state index contributed by atoms with van der Waals surface area (Å²) in [7, 11) is 0. The topological polar surface area (TPSA) is 102 Å². The van der Waals surface area contributed by atoms with Crippen LogP contribution in [0.2, 0.25) is 0 Å². The molecule has 0 spiro atoms. The molecule has 2 aromatic carbocycles. The molecule has 0 N–H and O–H groups in total. The molecule has 0 saturated carbocycles. The van der Waals surface area contributed by atoms with Gasteiger partial charge >= 0.3 is 6.18 Å². The van der Waals surface area contributed by atoms with Gasteiger partial charge in [0.05, 0.1) is 41.5 Å². The Labute approximate surface area is 211 Å². The van der Waals surface area contributed by atoms with E-state index in [9.17, 15) is 22.0 Å². The standard InChI is InChI=1S/C25H14F5N7O/c26-19-3-1-2-17(23(19)27)24-33-21-11-32-37(13-22(21)34-24)12-14-4-7-20(36-35-14)16-6-5-15(38-9-8-31)10-18(16)25(28,29)30/h1-7,10-11,13H,9,12H2. The molecule has 190 valence electrons. The van der Waals surface area contributed by atoms with Crippen molar-refractivity contribution in [3.8, 4) is 45.9 Å². The van der Waals surface area contributed by atoms with E-state index in [1.54, 1.807) is 6.07 Å². The predicted octanol–water partition coefficient (Wildman–Crippen LogP) is 5.15. The largest absolute Gasteiger partial charge is 0.479 e.